The fraction of sp³-hybridized carbons (Fsp3) is 0.208. The van der Waals surface area contributed by atoms with Gasteiger partial charge in [0.25, 0.3) is 11.8 Å². The number of oxime groups is 1. The van der Waals surface area contributed by atoms with Crippen molar-refractivity contribution in [3.8, 4) is 11.3 Å². The van der Waals surface area contributed by atoms with Gasteiger partial charge in [-0.05, 0) is 17.7 Å². The van der Waals surface area contributed by atoms with Crippen molar-refractivity contribution >= 4 is 68.2 Å². The molecule has 2 aliphatic rings. The zero-order chi connectivity index (χ0) is 28.4. The van der Waals surface area contributed by atoms with Crippen molar-refractivity contribution in [2.45, 2.75) is 18.0 Å². The number of anilines is 2. The fourth-order valence-corrected chi connectivity index (χ4v) is 6.62. The number of rotatable bonds is 9. The third-order valence-electron chi connectivity index (χ3n) is 5.95. The number of allylic oxidation sites excluding steroid dienone is 2. The molecule has 3 aromatic heterocycles. The van der Waals surface area contributed by atoms with E-state index in [9.17, 15) is 19.5 Å². The Hall–Kier alpha value is -4.28. The number of fused-ring (bicyclic) bond motifs is 1. The average Bonchev–Trinajstić information content (AvgIpc) is 3.57. The van der Waals surface area contributed by atoms with Crippen molar-refractivity contribution < 1.29 is 28.9 Å². The Morgan fingerprint density at radius 3 is 2.75 bits per heavy atom. The van der Waals surface area contributed by atoms with Crippen LogP contribution in [0.3, 0.4) is 0 Å². The van der Waals surface area contributed by atoms with Gasteiger partial charge in [-0.15, -0.1) is 34.4 Å². The minimum atomic E-state index is -1.47. The van der Waals surface area contributed by atoms with Gasteiger partial charge < -0.3 is 31.5 Å². The van der Waals surface area contributed by atoms with E-state index in [1.54, 1.807) is 12.2 Å². The number of carbonyl (C=O) groups excluding carboxylic acids is 3. The average molecular weight is 599 g/mol. The summed E-state index contributed by atoms with van der Waals surface area (Å²) in [5.74, 6) is -2.45. The maximum absolute atomic E-state index is 13.0. The number of nitrogens with one attached hydrogen (secondary N) is 1. The summed E-state index contributed by atoms with van der Waals surface area (Å²) in [6, 6.07) is 2.84. The highest BCUT2D eigenvalue weighted by Crippen LogP contribution is 2.40. The van der Waals surface area contributed by atoms with Crippen LogP contribution in [0, 0.1) is 0 Å². The normalized spacial score (nSPS) is 19.0. The van der Waals surface area contributed by atoms with Crippen molar-refractivity contribution in [1.29, 1.82) is 0 Å². The van der Waals surface area contributed by atoms with E-state index in [0.717, 1.165) is 27.5 Å². The van der Waals surface area contributed by atoms with Gasteiger partial charge in [-0.3, -0.25) is 14.5 Å². The quantitative estimate of drug-likeness (QED) is 0.128. The number of thiazole rings is 2. The molecule has 1 saturated heterocycles. The van der Waals surface area contributed by atoms with Gasteiger partial charge in [0, 0.05) is 22.6 Å². The molecular formula is C24H22N8O5S3. The minimum Gasteiger partial charge on any atom is -0.543 e. The maximum atomic E-state index is 13.0. The minimum absolute atomic E-state index is 0.151. The molecule has 0 unspecified atom stereocenters. The Balaban J connectivity index is 1.29. The lowest BCUT2D eigenvalue weighted by molar-refractivity contribution is -0.686. The number of aromatic nitrogens is 3. The topological polar surface area (TPSA) is 193 Å². The molecule has 0 bridgehead atoms. The largest absolute Gasteiger partial charge is 0.543 e. The van der Waals surface area contributed by atoms with Gasteiger partial charge in [0.1, 0.15) is 24.2 Å². The molecule has 1 fully saturated rings. The number of β-lactam (4-membered cyclic amide) rings is 1. The van der Waals surface area contributed by atoms with Crippen molar-refractivity contribution in [1.82, 2.24) is 20.2 Å². The summed E-state index contributed by atoms with van der Waals surface area (Å²) in [5, 5.41) is 21.9. The number of carboxylic acids is 1. The smallest absolute Gasteiger partial charge is 0.276 e. The molecule has 0 radical (unpaired) electrons. The number of carboxylic acid groups (broad SMARTS) is 1. The number of amides is 2. The number of hydrogen-bond donors (Lipinski definition) is 3. The van der Waals surface area contributed by atoms with Crippen molar-refractivity contribution in [2.24, 2.45) is 5.16 Å². The number of thioether (sulfide) groups is 1. The molecular weight excluding hydrogens is 577 g/mol. The number of pyridine rings is 1. The van der Waals surface area contributed by atoms with Crippen LogP contribution in [0.4, 0.5) is 10.3 Å². The van der Waals surface area contributed by atoms with Crippen LogP contribution in [0.2, 0.25) is 0 Å². The van der Waals surface area contributed by atoms with Gasteiger partial charge in [-0.1, -0.05) is 11.2 Å². The number of nitrogens with two attached hydrogens (primary N) is 2. The molecule has 0 saturated carbocycles. The Kier molecular flexibility index (Phi) is 7.81. The van der Waals surface area contributed by atoms with Crippen LogP contribution in [0.1, 0.15) is 5.69 Å². The first-order valence-corrected chi connectivity index (χ1v) is 14.5. The van der Waals surface area contributed by atoms with E-state index in [0.29, 0.717) is 23.0 Å². The third-order valence-corrected chi connectivity index (χ3v) is 8.60. The Labute approximate surface area is 239 Å². The predicted octanol–water partition coefficient (Wildman–Crippen LogP) is -0.271. The summed E-state index contributed by atoms with van der Waals surface area (Å²) in [6.07, 6.45) is 7.25. The molecule has 13 nitrogen and oxygen atoms in total. The van der Waals surface area contributed by atoms with Crippen LogP contribution < -0.4 is 26.5 Å². The summed E-state index contributed by atoms with van der Waals surface area (Å²) >= 11 is 3.81. The second kappa shape index (κ2) is 11.4. The number of carbonyl (C=O) groups is 3. The number of nitrogens with zero attached hydrogens (tertiary/aromatic N) is 5. The first kappa shape index (κ1) is 27.3. The monoisotopic (exact) mass is 598 g/mol. The second-order valence-corrected chi connectivity index (χ2v) is 11.4. The highest BCUT2D eigenvalue weighted by atomic mass is 32.2. The summed E-state index contributed by atoms with van der Waals surface area (Å²) in [7, 11) is 1.27. The van der Waals surface area contributed by atoms with Gasteiger partial charge in [-0.2, -0.15) is 0 Å². The van der Waals surface area contributed by atoms with E-state index in [4.69, 9.17) is 16.3 Å². The van der Waals surface area contributed by atoms with Crippen LogP contribution in [0.15, 0.2) is 63.9 Å². The molecule has 5 rings (SSSR count). The molecule has 16 heteroatoms. The predicted molar refractivity (Wildman–Crippen MR) is 148 cm³/mol. The number of aliphatic carboxylic acids is 1. The van der Waals surface area contributed by atoms with Gasteiger partial charge in [0.15, 0.2) is 34.9 Å². The highest BCUT2D eigenvalue weighted by molar-refractivity contribution is 8.00. The first-order valence-electron chi connectivity index (χ1n) is 11.7. The summed E-state index contributed by atoms with van der Waals surface area (Å²) in [6.45, 7) is 0.445. The van der Waals surface area contributed by atoms with Gasteiger partial charge >= 0.3 is 0 Å². The van der Waals surface area contributed by atoms with Gasteiger partial charge in [0.05, 0.1) is 22.9 Å². The van der Waals surface area contributed by atoms with E-state index in [1.165, 1.54) is 35.6 Å². The molecule has 0 spiro atoms. The summed E-state index contributed by atoms with van der Waals surface area (Å²) < 4.78 is 1.91. The Morgan fingerprint density at radius 1 is 1.30 bits per heavy atom. The van der Waals surface area contributed by atoms with Crippen molar-refractivity contribution in [2.75, 3.05) is 24.3 Å². The molecule has 206 valence electrons. The lowest BCUT2D eigenvalue weighted by Crippen LogP contribution is -2.71. The van der Waals surface area contributed by atoms with Gasteiger partial charge in [-0.25, -0.2) is 14.5 Å². The molecule has 5 N–H and O–H groups in total. The first-order chi connectivity index (χ1) is 19.3. The lowest BCUT2D eigenvalue weighted by atomic mass is 10.0. The summed E-state index contributed by atoms with van der Waals surface area (Å²) in [5.41, 5.74) is 13.3. The lowest BCUT2D eigenvalue weighted by Gasteiger charge is -2.50. The molecule has 0 aromatic carbocycles. The van der Waals surface area contributed by atoms with E-state index < -0.39 is 29.2 Å². The fourth-order valence-electron chi connectivity index (χ4n) is 4.19. The zero-order valence-electron chi connectivity index (χ0n) is 20.8. The van der Waals surface area contributed by atoms with Crippen molar-refractivity contribution in [3.63, 3.8) is 0 Å². The third kappa shape index (κ3) is 5.41. The van der Waals surface area contributed by atoms with Crippen LogP contribution in [0.5, 0.6) is 0 Å². The molecule has 40 heavy (non-hydrogen) atoms. The van der Waals surface area contributed by atoms with Crippen molar-refractivity contribution in [3.05, 3.63) is 64.4 Å². The van der Waals surface area contributed by atoms with E-state index in [1.807, 2.05) is 34.5 Å². The van der Waals surface area contributed by atoms with E-state index in [2.05, 4.69) is 20.4 Å². The standard InChI is InChI=1S/C24H22N8O5S3/c1-37-30-16(15-11-40-24(26)28-15)19(33)29-17-20(34)32-18(22(35)36)13(9-38-21(17)32)5-3-7-31-6-2-4-12(8-31)14-10-39-23(25)27-14/h2-6,8,10-11,17,21H,7,9H2,1H3,(H5-,25,26,27,28,29,33,35,36)/b5-3+,30-16-/t17-,21-/m1/s1. The van der Waals surface area contributed by atoms with Crippen LogP contribution in [-0.4, -0.2) is 62.6 Å². The Bertz CT molecular complexity index is 1580. The van der Waals surface area contributed by atoms with Crippen LogP contribution >= 0.6 is 34.4 Å². The van der Waals surface area contributed by atoms with E-state index in [-0.39, 0.29) is 22.2 Å². The van der Waals surface area contributed by atoms with Crippen LogP contribution in [0.25, 0.3) is 11.3 Å². The maximum Gasteiger partial charge on any atom is 0.276 e. The Morgan fingerprint density at radius 2 is 2.08 bits per heavy atom. The zero-order valence-corrected chi connectivity index (χ0v) is 23.3. The second-order valence-electron chi connectivity index (χ2n) is 8.48. The highest BCUT2D eigenvalue weighted by Gasteiger charge is 2.53. The van der Waals surface area contributed by atoms with E-state index >= 15 is 0 Å². The number of nitrogen functional groups attached to an aromatic ring is 2. The molecule has 2 amide bonds. The molecule has 2 atom stereocenters. The summed E-state index contributed by atoms with van der Waals surface area (Å²) in [4.78, 5) is 52.2. The molecule has 5 heterocycles. The molecule has 3 aromatic rings. The molecule has 0 aliphatic carbocycles. The molecule has 2 aliphatic heterocycles. The SMILES string of the molecule is CO/N=C(\C(=O)N[C@@H]1C(=O)N2C(C(=O)[O-])=C(/C=C/C[n+]3cccc(-c4csc(N)n4)c3)CS[C@H]12)c1csc(N)n1. The van der Waals surface area contributed by atoms with Crippen LogP contribution in [-0.2, 0) is 25.8 Å². The van der Waals surface area contributed by atoms with Gasteiger partial charge in [0.2, 0.25) is 0 Å². The number of hydrogen-bond acceptors (Lipinski definition) is 13.